The second-order valence-electron chi connectivity index (χ2n) is 16.7. The molecular weight excluding hydrogens is 717 g/mol. The molecule has 0 spiro atoms. The average molecular weight is 787 g/mol. The van der Waals surface area contributed by atoms with Crippen LogP contribution >= 0.6 is 0 Å². The number of carbonyl (C=O) groups is 6. The van der Waals surface area contributed by atoms with Gasteiger partial charge in [0.15, 0.2) is 20.2 Å². The highest BCUT2D eigenvalue weighted by atomic mass is 28.4. The van der Waals surface area contributed by atoms with Crippen molar-refractivity contribution in [2.45, 2.75) is 144 Å². The van der Waals surface area contributed by atoms with Gasteiger partial charge in [-0.2, -0.15) is 0 Å². The van der Waals surface area contributed by atoms with Gasteiger partial charge in [0.25, 0.3) is 5.91 Å². The van der Waals surface area contributed by atoms with Crippen LogP contribution < -0.4 is 10.6 Å². The Hall–Kier alpha value is -3.84. The molecule has 1 unspecified atom stereocenters. The molecule has 0 radical (unpaired) electrons. The average Bonchev–Trinajstić information content (AvgIpc) is 3.11. The van der Waals surface area contributed by atoms with E-state index in [9.17, 15) is 28.8 Å². The number of ether oxygens (including phenoxy) is 1. The Bertz CT molecular complexity index is 1470. The van der Waals surface area contributed by atoms with Crippen LogP contribution in [0.1, 0.15) is 100 Å². The van der Waals surface area contributed by atoms with Crippen molar-refractivity contribution in [3.63, 3.8) is 0 Å². The monoisotopic (exact) mass is 786 g/mol. The highest BCUT2D eigenvalue weighted by Crippen LogP contribution is 2.36. The molecule has 1 aromatic carbocycles. The Balaban J connectivity index is 3.00. The van der Waals surface area contributed by atoms with Crippen LogP contribution in [0.2, 0.25) is 18.1 Å². The van der Waals surface area contributed by atoms with Gasteiger partial charge in [-0.05, 0) is 75.6 Å². The summed E-state index contributed by atoms with van der Waals surface area (Å²) < 4.78 is 11.9. The highest BCUT2D eigenvalue weighted by Gasteiger charge is 2.37. The fourth-order valence-corrected chi connectivity index (χ4v) is 6.67. The smallest absolute Gasteiger partial charge is 0.334 e. The normalized spacial score (nSPS) is 14.9. The molecular formula is C42H70N4O8Si. The number of unbranched alkanes of at least 4 members (excludes halogenated alkanes) is 2. The SMILES string of the molecule is CCC(C)[C@H](NC(=O)CN(C)C(=O)[C@@H](Cc1ccccc1)N(C)C(=O)[C@H](C)NC(=O)[C@H](OC(=O)/C(C)=C/CCCCO[Si](C)(C)C(C)(C)C)C(C)C)C(C)=O. The number of Topliss-reactive ketones (excluding diaryl/α,β-unsaturated/α-hetero) is 1. The van der Waals surface area contributed by atoms with E-state index in [1.54, 1.807) is 20.8 Å². The third-order valence-corrected chi connectivity index (χ3v) is 15.1. The Morgan fingerprint density at radius 2 is 1.49 bits per heavy atom. The van der Waals surface area contributed by atoms with Crippen molar-refractivity contribution in [3.05, 3.63) is 47.5 Å². The predicted octanol–water partition coefficient (Wildman–Crippen LogP) is 5.85. The summed E-state index contributed by atoms with van der Waals surface area (Å²) >= 11 is 0. The van der Waals surface area contributed by atoms with Crippen LogP contribution in [0.25, 0.3) is 0 Å². The Kier molecular flexibility index (Phi) is 20.2. The van der Waals surface area contributed by atoms with Gasteiger partial charge in [-0.1, -0.05) is 91.3 Å². The number of esters is 1. The largest absolute Gasteiger partial charge is 0.449 e. The molecule has 55 heavy (non-hydrogen) atoms. The van der Waals surface area contributed by atoms with Crippen LogP contribution in [-0.2, 0) is 44.4 Å². The van der Waals surface area contributed by atoms with E-state index < -0.39 is 62.1 Å². The molecule has 0 aliphatic heterocycles. The lowest BCUT2D eigenvalue weighted by molar-refractivity contribution is -0.156. The summed E-state index contributed by atoms with van der Waals surface area (Å²) in [5.41, 5.74) is 1.18. The summed E-state index contributed by atoms with van der Waals surface area (Å²) in [6.45, 7) is 23.3. The van der Waals surface area contributed by atoms with E-state index in [2.05, 4.69) is 44.5 Å². The third-order valence-electron chi connectivity index (χ3n) is 10.6. The molecule has 2 N–H and O–H groups in total. The van der Waals surface area contributed by atoms with E-state index in [-0.39, 0.29) is 35.6 Å². The number of allylic oxidation sites excluding steroid dienone is 1. The van der Waals surface area contributed by atoms with Gasteiger partial charge in [0, 0.05) is 32.7 Å². The van der Waals surface area contributed by atoms with E-state index in [0.717, 1.165) is 18.4 Å². The third kappa shape index (κ3) is 16.0. The molecule has 0 aliphatic rings. The summed E-state index contributed by atoms with van der Waals surface area (Å²) in [7, 11) is 1.14. The second-order valence-corrected chi connectivity index (χ2v) is 21.5. The number of hydrogen-bond acceptors (Lipinski definition) is 8. The number of rotatable bonds is 22. The zero-order valence-corrected chi connectivity index (χ0v) is 37.0. The molecule has 0 aromatic heterocycles. The molecule has 0 saturated heterocycles. The number of ketones is 1. The fraction of sp³-hybridized carbons (Fsp3) is 0.667. The zero-order chi connectivity index (χ0) is 42.3. The van der Waals surface area contributed by atoms with Crippen molar-refractivity contribution in [3.8, 4) is 0 Å². The quantitative estimate of drug-likeness (QED) is 0.0644. The van der Waals surface area contributed by atoms with Crippen LogP contribution in [-0.4, -0.2) is 105 Å². The molecule has 310 valence electrons. The predicted molar refractivity (Wildman–Crippen MR) is 219 cm³/mol. The van der Waals surface area contributed by atoms with Crippen molar-refractivity contribution in [1.29, 1.82) is 0 Å². The van der Waals surface area contributed by atoms with Crippen LogP contribution in [0.15, 0.2) is 42.0 Å². The topological polar surface area (TPSA) is 151 Å². The van der Waals surface area contributed by atoms with E-state index in [1.165, 1.54) is 37.7 Å². The molecule has 0 heterocycles. The van der Waals surface area contributed by atoms with E-state index in [1.807, 2.05) is 50.3 Å². The minimum absolute atomic E-state index is 0.0821. The first-order chi connectivity index (χ1) is 25.4. The minimum atomic E-state index is -1.81. The van der Waals surface area contributed by atoms with Crippen LogP contribution in [0, 0.1) is 11.8 Å². The molecule has 13 heteroatoms. The van der Waals surface area contributed by atoms with E-state index in [4.69, 9.17) is 9.16 Å². The van der Waals surface area contributed by atoms with Crippen LogP contribution in [0.4, 0.5) is 0 Å². The lowest BCUT2D eigenvalue weighted by Gasteiger charge is -2.36. The molecule has 0 saturated carbocycles. The number of amides is 4. The number of benzene rings is 1. The lowest BCUT2D eigenvalue weighted by atomic mass is 9.96. The highest BCUT2D eigenvalue weighted by molar-refractivity contribution is 6.74. The van der Waals surface area contributed by atoms with Crippen molar-refractivity contribution in [2.24, 2.45) is 11.8 Å². The summed E-state index contributed by atoms with van der Waals surface area (Å²) in [5.74, 6) is -3.41. The lowest BCUT2D eigenvalue weighted by Crippen LogP contribution is -2.57. The number of nitrogens with zero attached hydrogens (tertiary/aromatic N) is 2. The minimum Gasteiger partial charge on any atom is -0.449 e. The van der Waals surface area contributed by atoms with Gasteiger partial charge in [-0.25, -0.2) is 4.79 Å². The van der Waals surface area contributed by atoms with Gasteiger partial charge < -0.3 is 29.6 Å². The fourth-order valence-electron chi connectivity index (χ4n) is 5.58. The summed E-state index contributed by atoms with van der Waals surface area (Å²) in [4.78, 5) is 81.8. The van der Waals surface area contributed by atoms with Gasteiger partial charge in [0.1, 0.15) is 12.1 Å². The van der Waals surface area contributed by atoms with Gasteiger partial charge in [0.2, 0.25) is 17.7 Å². The van der Waals surface area contributed by atoms with Gasteiger partial charge >= 0.3 is 5.97 Å². The molecule has 0 aliphatic carbocycles. The van der Waals surface area contributed by atoms with Gasteiger partial charge in [-0.15, -0.1) is 0 Å². The van der Waals surface area contributed by atoms with Crippen molar-refractivity contribution in [2.75, 3.05) is 27.2 Å². The van der Waals surface area contributed by atoms with Gasteiger partial charge in [0.05, 0.1) is 12.6 Å². The Morgan fingerprint density at radius 1 is 0.891 bits per heavy atom. The van der Waals surface area contributed by atoms with Crippen molar-refractivity contribution >= 4 is 43.7 Å². The number of hydrogen-bond donors (Lipinski definition) is 2. The Labute approximate surface area is 331 Å². The van der Waals surface area contributed by atoms with Crippen LogP contribution in [0.5, 0.6) is 0 Å². The van der Waals surface area contributed by atoms with E-state index >= 15 is 0 Å². The summed E-state index contributed by atoms with van der Waals surface area (Å²) in [6.07, 6.45) is 3.86. The molecule has 1 aromatic rings. The molecule has 12 nitrogen and oxygen atoms in total. The Morgan fingerprint density at radius 3 is 2.02 bits per heavy atom. The molecule has 0 bridgehead atoms. The van der Waals surface area contributed by atoms with Gasteiger partial charge in [-0.3, -0.25) is 24.0 Å². The molecule has 0 fully saturated rings. The second kappa shape index (κ2) is 22.6. The van der Waals surface area contributed by atoms with Crippen molar-refractivity contribution < 1.29 is 37.9 Å². The van der Waals surface area contributed by atoms with Crippen LogP contribution in [0.3, 0.4) is 0 Å². The summed E-state index contributed by atoms with van der Waals surface area (Å²) in [5, 5.41) is 5.57. The maximum absolute atomic E-state index is 13.9. The summed E-state index contributed by atoms with van der Waals surface area (Å²) in [6, 6.07) is 6.40. The van der Waals surface area contributed by atoms with E-state index in [0.29, 0.717) is 25.0 Å². The van der Waals surface area contributed by atoms with Crippen molar-refractivity contribution in [1.82, 2.24) is 20.4 Å². The number of carbonyl (C=O) groups excluding carboxylic acids is 6. The number of likely N-dealkylation sites (N-methyl/N-ethyl adjacent to an activating group) is 2. The maximum atomic E-state index is 13.9. The molecule has 1 rings (SSSR count). The molecule has 5 atom stereocenters. The first-order valence-corrected chi connectivity index (χ1v) is 22.5. The zero-order valence-electron chi connectivity index (χ0n) is 36.0. The standard InChI is InChI=1S/C42H70N4O8Si/c1-15-29(4)36(32(7)47)44-35(48)27-45(11)40(51)34(26-33-23-19-16-20-24-33)46(12)39(50)31(6)43-38(49)37(28(2)3)54-41(52)30(5)22-18-17-21-25-53-55(13,14)42(8,9)10/h16,19-20,22-24,28-29,31,34,36-37H,15,17-18,21,25-27H2,1-14H3,(H,43,49)(H,44,48)/b30-22+/t29?,31-,34+,36-,37+/m0/s1. The number of nitrogens with one attached hydrogen (secondary N) is 2. The first kappa shape index (κ1) is 49.2. The molecule has 4 amide bonds. The first-order valence-electron chi connectivity index (χ1n) is 19.6. The maximum Gasteiger partial charge on any atom is 0.334 e.